The third kappa shape index (κ3) is 3.27. The first-order valence-corrected chi connectivity index (χ1v) is 5.78. The zero-order valence-electron chi connectivity index (χ0n) is 9.97. The standard InChI is InChI=1S/C12H13F5N2/c13-11(14)1-3-19(4-2-11)10-6-8(12(15,16)17)5-9(18)7-10/h5-7H,1-4,18H2. The number of rotatable bonds is 1. The van der Waals surface area contributed by atoms with Crippen molar-refractivity contribution >= 4 is 11.4 Å². The second-order valence-electron chi connectivity index (χ2n) is 4.65. The zero-order valence-corrected chi connectivity index (χ0v) is 9.97. The zero-order chi connectivity index (χ0) is 14.3. The number of nitrogens with two attached hydrogens (primary N) is 1. The van der Waals surface area contributed by atoms with E-state index in [0.29, 0.717) is 0 Å². The third-order valence-corrected chi connectivity index (χ3v) is 3.13. The highest BCUT2D eigenvalue weighted by atomic mass is 19.4. The van der Waals surface area contributed by atoms with E-state index in [1.807, 2.05) is 0 Å². The SMILES string of the molecule is Nc1cc(N2CCC(F)(F)CC2)cc(C(F)(F)F)c1. The summed E-state index contributed by atoms with van der Waals surface area (Å²) in [5.41, 5.74) is 4.79. The Bertz CT molecular complexity index is 460. The molecule has 0 radical (unpaired) electrons. The molecular weight excluding hydrogens is 267 g/mol. The Morgan fingerprint density at radius 1 is 1.05 bits per heavy atom. The van der Waals surface area contributed by atoms with Crippen LogP contribution in [0.2, 0.25) is 0 Å². The maximum absolute atomic E-state index is 13.0. The summed E-state index contributed by atoms with van der Waals surface area (Å²) >= 11 is 0. The molecule has 0 spiro atoms. The third-order valence-electron chi connectivity index (χ3n) is 3.13. The Morgan fingerprint density at radius 2 is 1.63 bits per heavy atom. The molecule has 0 atom stereocenters. The molecule has 1 aliphatic heterocycles. The quantitative estimate of drug-likeness (QED) is 0.630. The summed E-state index contributed by atoms with van der Waals surface area (Å²) in [6.07, 6.45) is -5.21. The molecule has 1 aromatic rings. The highest BCUT2D eigenvalue weighted by Gasteiger charge is 2.35. The maximum atomic E-state index is 13.0. The predicted octanol–water partition coefficient (Wildman–Crippen LogP) is 3.52. The Balaban J connectivity index is 2.24. The van der Waals surface area contributed by atoms with Gasteiger partial charge in [-0.15, -0.1) is 0 Å². The number of hydrogen-bond donors (Lipinski definition) is 1. The molecule has 0 aliphatic carbocycles. The molecule has 1 heterocycles. The van der Waals surface area contributed by atoms with Gasteiger partial charge < -0.3 is 10.6 Å². The molecule has 106 valence electrons. The number of hydrogen-bond acceptors (Lipinski definition) is 2. The van der Waals surface area contributed by atoms with Crippen molar-refractivity contribution in [2.75, 3.05) is 23.7 Å². The van der Waals surface area contributed by atoms with Gasteiger partial charge >= 0.3 is 6.18 Å². The molecule has 19 heavy (non-hydrogen) atoms. The lowest BCUT2D eigenvalue weighted by molar-refractivity contribution is -0.137. The molecule has 1 aliphatic rings. The van der Waals surface area contributed by atoms with Gasteiger partial charge in [0.05, 0.1) is 5.56 Å². The van der Waals surface area contributed by atoms with Crippen LogP contribution in [0.4, 0.5) is 33.3 Å². The number of anilines is 2. The molecule has 0 saturated carbocycles. The first-order valence-electron chi connectivity index (χ1n) is 5.78. The van der Waals surface area contributed by atoms with Gasteiger partial charge in [0.1, 0.15) is 0 Å². The van der Waals surface area contributed by atoms with Crippen LogP contribution in [0.5, 0.6) is 0 Å². The summed E-state index contributed by atoms with van der Waals surface area (Å²) in [5.74, 6) is -2.73. The van der Waals surface area contributed by atoms with Crippen molar-refractivity contribution in [1.82, 2.24) is 0 Å². The van der Waals surface area contributed by atoms with Crippen molar-refractivity contribution < 1.29 is 22.0 Å². The lowest BCUT2D eigenvalue weighted by atomic mass is 10.0. The molecule has 1 aromatic carbocycles. The lowest BCUT2D eigenvalue weighted by Crippen LogP contribution is -2.39. The van der Waals surface area contributed by atoms with Gasteiger partial charge in [-0.1, -0.05) is 0 Å². The summed E-state index contributed by atoms with van der Waals surface area (Å²) in [6.45, 7) is 0.0432. The van der Waals surface area contributed by atoms with E-state index in [4.69, 9.17) is 5.73 Å². The van der Waals surface area contributed by atoms with Crippen LogP contribution < -0.4 is 10.6 Å². The van der Waals surface area contributed by atoms with Gasteiger partial charge in [0.2, 0.25) is 0 Å². The first-order chi connectivity index (χ1) is 8.67. The van der Waals surface area contributed by atoms with Gasteiger partial charge in [-0.3, -0.25) is 0 Å². The fourth-order valence-electron chi connectivity index (χ4n) is 2.07. The summed E-state index contributed by atoms with van der Waals surface area (Å²) in [6, 6.07) is 3.15. The summed E-state index contributed by atoms with van der Waals surface area (Å²) < 4.78 is 64.0. The van der Waals surface area contributed by atoms with E-state index in [0.717, 1.165) is 12.1 Å². The molecule has 2 nitrogen and oxygen atoms in total. The average molecular weight is 280 g/mol. The number of benzene rings is 1. The topological polar surface area (TPSA) is 29.3 Å². The minimum atomic E-state index is -4.50. The number of halogens is 5. The summed E-state index contributed by atoms with van der Waals surface area (Å²) in [4.78, 5) is 1.50. The number of nitrogen functional groups attached to an aromatic ring is 1. The van der Waals surface area contributed by atoms with E-state index in [2.05, 4.69) is 0 Å². The van der Waals surface area contributed by atoms with Crippen molar-refractivity contribution in [3.05, 3.63) is 23.8 Å². The van der Waals surface area contributed by atoms with Gasteiger partial charge in [0.25, 0.3) is 5.92 Å². The highest BCUT2D eigenvalue weighted by molar-refractivity contribution is 5.59. The number of nitrogens with zero attached hydrogens (tertiary/aromatic N) is 1. The Labute approximate surface area is 107 Å². The minimum Gasteiger partial charge on any atom is -0.399 e. The van der Waals surface area contributed by atoms with E-state index < -0.39 is 17.7 Å². The predicted molar refractivity (Wildman–Crippen MR) is 62.3 cm³/mol. The van der Waals surface area contributed by atoms with Crippen LogP contribution in [0.3, 0.4) is 0 Å². The fourth-order valence-corrected chi connectivity index (χ4v) is 2.07. The molecule has 7 heteroatoms. The monoisotopic (exact) mass is 280 g/mol. The Morgan fingerprint density at radius 3 is 2.16 bits per heavy atom. The van der Waals surface area contributed by atoms with E-state index in [1.165, 1.54) is 11.0 Å². The number of piperidine rings is 1. The van der Waals surface area contributed by atoms with Gasteiger partial charge in [0.15, 0.2) is 0 Å². The van der Waals surface area contributed by atoms with E-state index in [9.17, 15) is 22.0 Å². The molecule has 2 N–H and O–H groups in total. The second-order valence-corrected chi connectivity index (χ2v) is 4.65. The van der Waals surface area contributed by atoms with Crippen LogP contribution in [0.1, 0.15) is 18.4 Å². The normalized spacial score (nSPS) is 19.5. The van der Waals surface area contributed by atoms with Gasteiger partial charge in [-0.2, -0.15) is 13.2 Å². The van der Waals surface area contributed by atoms with Crippen LogP contribution in [0.15, 0.2) is 18.2 Å². The largest absolute Gasteiger partial charge is 0.416 e. The van der Waals surface area contributed by atoms with Gasteiger partial charge in [0, 0.05) is 37.3 Å². The van der Waals surface area contributed by atoms with Crippen molar-refractivity contribution in [3.63, 3.8) is 0 Å². The van der Waals surface area contributed by atoms with Crippen LogP contribution in [0, 0.1) is 0 Å². The fraction of sp³-hybridized carbons (Fsp3) is 0.500. The van der Waals surface area contributed by atoms with Crippen LogP contribution in [0.25, 0.3) is 0 Å². The lowest BCUT2D eigenvalue weighted by Gasteiger charge is -2.33. The smallest absolute Gasteiger partial charge is 0.399 e. The molecule has 2 rings (SSSR count). The van der Waals surface area contributed by atoms with E-state index in [1.54, 1.807) is 0 Å². The molecule has 1 saturated heterocycles. The summed E-state index contributed by atoms with van der Waals surface area (Å²) in [5, 5.41) is 0. The van der Waals surface area contributed by atoms with Gasteiger partial charge in [-0.25, -0.2) is 8.78 Å². The van der Waals surface area contributed by atoms with Gasteiger partial charge in [-0.05, 0) is 18.2 Å². The summed E-state index contributed by atoms with van der Waals surface area (Å²) in [7, 11) is 0. The van der Waals surface area contributed by atoms with Crippen molar-refractivity contribution in [3.8, 4) is 0 Å². The highest BCUT2D eigenvalue weighted by Crippen LogP contribution is 2.36. The maximum Gasteiger partial charge on any atom is 0.416 e. The van der Waals surface area contributed by atoms with Crippen LogP contribution >= 0.6 is 0 Å². The first kappa shape index (κ1) is 13.9. The molecule has 0 amide bonds. The Hall–Kier alpha value is -1.53. The minimum absolute atomic E-state index is 0.0216. The molecule has 1 fully saturated rings. The van der Waals surface area contributed by atoms with Crippen molar-refractivity contribution in [2.45, 2.75) is 24.9 Å². The molecule has 0 unspecified atom stereocenters. The average Bonchev–Trinajstić information content (AvgIpc) is 2.26. The van der Waals surface area contributed by atoms with Crippen molar-refractivity contribution in [2.24, 2.45) is 0 Å². The van der Waals surface area contributed by atoms with Crippen molar-refractivity contribution in [1.29, 1.82) is 0 Å². The molecule has 0 aromatic heterocycles. The second kappa shape index (κ2) is 4.54. The van der Waals surface area contributed by atoms with E-state index >= 15 is 0 Å². The van der Waals surface area contributed by atoms with Crippen LogP contribution in [-0.2, 0) is 6.18 Å². The Kier molecular flexibility index (Phi) is 3.32. The van der Waals surface area contributed by atoms with E-state index in [-0.39, 0.29) is 37.3 Å². The number of alkyl halides is 5. The molecule has 0 bridgehead atoms. The molecular formula is C12H13F5N2. The van der Waals surface area contributed by atoms with Crippen LogP contribution in [-0.4, -0.2) is 19.0 Å².